The monoisotopic (exact) mass is 2600 g/mol. The van der Waals surface area contributed by atoms with E-state index in [4.69, 9.17) is 4.98 Å². The minimum Gasteiger partial charge on any atom is -0.314 e. The van der Waals surface area contributed by atoms with Crippen molar-refractivity contribution in [3.8, 4) is 67.8 Å². The largest absolute Gasteiger partial charge is 2.00 e. The fourth-order valence-electron chi connectivity index (χ4n) is 17.0. The second-order valence-corrected chi connectivity index (χ2v) is 37.6. The van der Waals surface area contributed by atoms with E-state index in [1.165, 1.54) is 54.7 Å². The molecular formula is C120H84N12Pt4S4. The van der Waals surface area contributed by atoms with Crippen molar-refractivity contribution in [2.24, 2.45) is 0 Å². The molecule has 24 rings (SSSR count). The van der Waals surface area contributed by atoms with Gasteiger partial charge in [0.25, 0.3) is 0 Å². The Kier molecular flexibility index (Phi) is 31.3. The number of aromatic nitrogens is 12. The molecule has 0 radical (unpaired) electrons. The molecule has 12 heterocycles. The van der Waals surface area contributed by atoms with Crippen LogP contribution in [0.3, 0.4) is 0 Å². The van der Waals surface area contributed by atoms with Gasteiger partial charge in [-0.25, -0.2) is 84.4 Å². The van der Waals surface area contributed by atoms with Crippen LogP contribution in [-0.4, -0.2) is 58.1 Å². The van der Waals surface area contributed by atoms with Gasteiger partial charge < -0.3 is 18.3 Å². The third kappa shape index (κ3) is 21.4. The van der Waals surface area contributed by atoms with Crippen molar-refractivity contribution < 1.29 is 84.3 Å². The third-order valence-corrected chi connectivity index (χ3v) is 27.3. The van der Waals surface area contributed by atoms with Crippen LogP contribution < -0.4 is 0 Å². The summed E-state index contributed by atoms with van der Waals surface area (Å²) in [5.74, 6) is 3.61. The summed E-state index contributed by atoms with van der Waals surface area (Å²) in [5, 5.41) is 13.3. The van der Waals surface area contributed by atoms with Crippen LogP contribution in [-0.2, 0) is 84.3 Å². The van der Waals surface area contributed by atoms with E-state index < -0.39 is 0 Å². The van der Waals surface area contributed by atoms with Gasteiger partial charge >= 0.3 is 84.3 Å². The molecule has 0 spiro atoms. The maximum Gasteiger partial charge on any atom is 2.00 e. The third-order valence-electron chi connectivity index (χ3n) is 23.7. The molecule has 0 aliphatic rings. The molecule has 0 fully saturated rings. The summed E-state index contributed by atoms with van der Waals surface area (Å²) >= 11 is 6.48. The number of para-hydroxylation sites is 4. The number of fused-ring (bicyclic) bond motifs is 12. The average molecular weight is 2600 g/mol. The second-order valence-electron chi connectivity index (χ2n) is 33.3. The Hall–Kier alpha value is -12.8. The molecule has 0 saturated carbocycles. The summed E-state index contributed by atoms with van der Waals surface area (Å²) in [6.45, 7) is 16.6. The van der Waals surface area contributed by atoms with Gasteiger partial charge in [0.2, 0.25) is 0 Å². The van der Waals surface area contributed by atoms with Crippen molar-refractivity contribution in [2.45, 2.75) is 95.1 Å². The number of aryl methyl sites for hydroxylation is 8. The molecule has 12 aromatic carbocycles. The first-order chi connectivity index (χ1) is 66.6. The molecule has 0 unspecified atom stereocenters. The van der Waals surface area contributed by atoms with Crippen LogP contribution in [0.4, 0.5) is 0 Å². The van der Waals surface area contributed by atoms with E-state index in [1.54, 1.807) is 47.0 Å². The van der Waals surface area contributed by atoms with Gasteiger partial charge in [-0.2, -0.15) is 121 Å². The Bertz CT molecular complexity index is 8410. The Morgan fingerprint density at radius 1 is 0.214 bits per heavy atom. The van der Waals surface area contributed by atoms with Crippen LogP contribution in [0.15, 0.2) is 404 Å². The zero-order valence-corrected chi connectivity index (χ0v) is 89.3. The summed E-state index contributed by atoms with van der Waals surface area (Å²) in [6.07, 6.45) is 11.1. The maximum atomic E-state index is 4.90. The minimum absolute atomic E-state index is 0. The number of hydrogen-bond acceptors (Lipinski definition) is 12. The average Bonchev–Trinajstić information content (AvgIpc) is 1.59. The number of nitrogens with zero attached hydrogens (tertiary/aromatic N) is 12. The minimum atomic E-state index is 0. The predicted octanol–water partition coefficient (Wildman–Crippen LogP) is 30.4. The SMILES string of the molecule is Cc1ccc(-n2c3[c-]c(-c4[c-]c(Sc5ccccn5)ccc4)ccc3c3ccccc32)nc1C.Cc1ccc(Sc2[c-]c(-c3[c-]c4c(cc3)c3ccccc3n4-c3cc(C)ccn3)ccc2)nc1.Cc1ccnc(-n2c3[c-]c(-c4[c-]c(Sc5cccc(C)n5)ccc4)ccc3c3ccccc32)c1.Cc1ccnc(Sc2[c-]c(-c3[c-]c4c(cc3)c3ccccc3n4-c3cc(C)ccn3)ccc2)c1.[Pt+2].[Pt+2].[Pt+2].[Pt+2]. The van der Waals surface area contributed by atoms with E-state index in [0.717, 1.165) is 185 Å². The van der Waals surface area contributed by atoms with Crippen LogP contribution >= 0.6 is 47.0 Å². The molecule has 0 aliphatic heterocycles. The zero-order valence-electron chi connectivity index (χ0n) is 76.9. The summed E-state index contributed by atoms with van der Waals surface area (Å²) in [5.41, 5.74) is 25.7. The van der Waals surface area contributed by atoms with Crippen molar-refractivity contribution in [3.05, 3.63) is 458 Å². The standard InChI is InChI=1S/4C30H21N3S.4Pt/c1-20-15-16-31-29(17-20)33-27-11-4-3-10-25(27)26-14-13-23(19-28(26)33)22-8-6-9-24(18-22)34-30-12-5-7-21(2)32-30;1-20-13-16-29(32-21(20)2)33-27-11-4-3-10-25(27)26-15-14-23(19-28(26)33)22-8-7-9-24(18-22)34-30-12-5-6-17-31-30;1-20-14-15-31-29(16-20)33-27-9-4-3-8-25(27)26-12-11-23(18-28(26)33)22-6-5-7-24(17-22)34-30-13-10-21(2)19-32-30;1-20-12-14-31-29(16-20)33-27-9-4-3-8-25(27)26-11-10-23(19-28(26)33)22-6-5-7-24(18-22)34-30-17-21(2)13-15-32-30;;;;/h2*3-17H,1-2H3;3-16,19H,1-2H3;3-17H,1-2H3;;;;/q4*-2;4*+2. The summed E-state index contributed by atoms with van der Waals surface area (Å²) in [7, 11) is 0. The normalized spacial score (nSPS) is 11.0. The van der Waals surface area contributed by atoms with Gasteiger partial charge in [0.15, 0.2) is 0 Å². The van der Waals surface area contributed by atoms with E-state index >= 15 is 0 Å². The van der Waals surface area contributed by atoms with Crippen LogP contribution in [0.2, 0.25) is 0 Å². The summed E-state index contributed by atoms with van der Waals surface area (Å²) in [4.78, 5) is 41.1. The predicted molar refractivity (Wildman–Crippen MR) is 558 cm³/mol. The molecule has 688 valence electrons. The Morgan fingerprint density at radius 3 is 0.900 bits per heavy atom. The molecule has 140 heavy (non-hydrogen) atoms. The van der Waals surface area contributed by atoms with E-state index in [0.29, 0.717) is 0 Å². The molecule has 0 amide bonds. The van der Waals surface area contributed by atoms with Crippen molar-refractivity contribution in [1.82, 2.24) is 58.1 Å². The van der Waals surface area contributed by atoms with Crippen molar-refractivity contribution in [2.75, 3.05) is 0 Å². The molecule has 12 aromatic heterocycles. The van der Waals surface area contributed by atoms with Crippen molar-refractivity contribution in [1.29, 1.82) is 0 Å². The van der Waals surface area contributed by atoms with Gasteiger partial charge in [0.1, 0.15) is 23.3 Å². The second kappa shape index (κ2) is 44.3. The molecule has 0 saturated heterocycles. The molecule has 0 aliphatic carbocycles. The first-order valence-corrected chi connectivity index (χ1v) is 48.0. The number of pyridine rings is 8. The molecule has 24 aromatic rings. The van der Waals surface area contributed by atoms with Crippen LogP contribution in [0.25, 0.3) is 155 Å². The van der Waals surface area contributed by atoms with Crippen LogP contribution in [0, 0.1) is 104 Å². The quantitative estimate of drug-likeness (QED) is 0.0856. The first kappa shape index (κ1) is 98.8. The number of hydrogen-bond donors (Lipinski definition) is 0. The van der Waals surface area contributed by atoms with Gasteiger partial charge in [-0.3, -0.25) is 0 Å². The van der Waals surface area contributed by atoms with Gasteiger partial charge in [-0.05, 0) is 242 Å². The first-order valence-electron chi connectivity index (χ1n) is 44.7. The van der Waals surface area contributed by atoms with E-state index in [1.807, 2.05) is 118 Å². The van der Waals surface area contributed by atoms with Crippen molar-refractivity contribution >= 4 is 134 Å². The van der Waals surface area contributed by atoms with Gasteiger partial charge in [0, 0.05) is 70.6 Å². The molecule has 0 atom stereocenters. The van der Waals surface area contributed by atoms with Gasteiger partial charge in [-0.1, -0.05) is 185 Å². The summed E-state index contributed by atoms with van der Waals surface area (Å²) < 4.78 is 8.83. The van der Waals surface area contributed by atoms with Gasteiger partial charge in [-0.15, -0.1) is 48.5 Å². The Morgan fingerprint density at radius 2 is 0.543 bits per heavy atom. The molecule has 12 nitrogen and oxygen atoms in total. The van der Waals surface area contributed by atoms with Crippen LogP contribution in [0.1, 0.15) is 44.8 Å². The fourth-order valence-corrected chi connectivity index (χ4v) is 20.3. The summed E-state index contributed by atoms with van der Waals surface area (Å²) in [6, 6.07) is 142. The molecule has 0 bridgehead atoms. The number of benzene rings is 12. The fraction of sp³-hybridized carbons (Fsp3) is 0.0667. The van der Waals surface area contributed by atoms with Crippen LogP contribution in [0.5, 0.6) is 0 Å². The van der Waals surface area contributed by atoms with E-state index in [2.05, 4.69) is 404 Å². The van der Waals surface area contributed by atoms with Gasteiger partial charge in [0.05, 0.1) is 20.1 Å². The maximum absolute atomic E-state index is 4.90. The Labute approximate surface area is 888 Å². The molecule has 20 heteroatoms. The number of rotatable bonds is 16. The smallest absolute Gasteiger partial charge is 0.314 e. The van der Waals surface area contributed by atoms with E-state index in [-0.39, 0.29) is 84.3 Å². The Balaban J connectivity index is 0.000000128. The van der Waals surface area contributed by atoms with Crippen molar-refractivity contribution in [3.63, 3.8) is 0 Å². The van der Waals surface area contributed by atoms with E-state index in [9.17, 15) is 0 Å². The molecule has 0 N–H and O–H groups in total. The zero-order chi connectivity index (χ0) is 92.3. The topological polar surface area (TPSA) is 123 Å². The molecular weight excluding hydrogens is 2520 g/mol.